The zero-order valence-electron chi connectivity index (χ0n) is 23.6. The third-order valence-corrected chi connectivity index (χ3v) is 7.30. The monoisotopic (exact) mass is 640 g/mol. The number of carbonyl (C=O) groups excluding carboxylic acids is 1. The Labute approximate surface area is 256 Å². The van der Waals surface area contributed by atoms with Crippen LogP contribution in [0.1, 0.15) is 11.1 Å². The van der Waals surface area contributed by atoms with Gasteiger partial charge in [0.15, 0.2) is 35.6 Å². The number of aromatic hydroxyl groups is 4. The van der Waals surface area contributed by atoms with E-state index in [9.17, 15) is 55.9 Å². The largest absolute Gasteiger partial charge is 0.504 e. The second-order valence-corrected chi connectivity index (χ2v) is 10.5. The summed E-state index contributed by atoms with van der Waals surface area (Å²) in [5.74, 6) is -2.31. The van der Waals surface area contributed by atoms with E-state index >= 15 is 0 Å². The van der Waals surface area contributed by atoms with Gasteiger partial charge in [0.2, 0.25) is 0 Å². The number of phenols is 4. The van der Waals surface area contributed by atoms with Gasteiger partial charge in [-0.2, -0.15) is 0 Å². The first-order valence-corrected chi connectivity index (χ1v) is 13.9. The van der Waals surface area contributed by atoms with Gasteiger partial charge in [0.25, 0.3) is 0 Å². The smallest absolute Gasteiger partial charge is 0.330 e. The highest BCUT2D eigenvalue weighted by Crippen LogP contribution is 2.31. The zero-order valence-corrected chi connectivity index (χ0v) is 23.6. The second-order valence-electron chi connectivity index (χ2n) is 10.5. The maximum absolute atomic E-state index is 12.4. The summed E-state index contributed by atoms with van der Waals surface area (Å²) in [6.07, 6.45) is -13.9. The van der Waals surface area contributed by atoms with Gasteiger partial charge in [0.05, 0.1) is 13.2 Å². The fourth-order valence-corrected chi connectivity index (χ4v) is 4.71. The van der Waals surface area contributed by atoms with Gasteiger partial charge in [-0.3, -0.25) is 0 Å². The minimum absolute atomic E-state index is 0.108. The third-order valence-electron chi connectivity index (χ3n) is 7.30. The average Bonchev–Trinajstić information content (AvgIpc) is 3.01. The van der Waals surface area contributed by atoms with E-state index in [-0.39, 0.29) is 30.3 Å². The molecule has 0 amide bonds. The van der Waals surface area contributed by atoms with E-state index in [0.717, 1.165) is 6.08 Å². The standard InChI is InChI=1S/C29H36O16/c30-11-19-22(36)24(38)25(39)29(43-19)45-27-23(37)20(12-42-21(35)6-3-13-1-4-15(31)17(33)9-13)44-28(26(27)40)41-8-7-14-2-5-16(32)18(34)10-14/h1-6,9-10,19-20,22-34,36-40H,7-8,11-12H2/b6-3+/t19-,20-,22+,23+,24+,25+,26-,27+,28-,29+/m1/s1. The van der Waals surface area contributed by atoms with E-state index in [2.05, 4.69) is 0 Å². The van der Waals surface area contributed by atoms with Crippen LogP contribution >= 0.6 is 0 Å². The van der Waals surface area contributed by atoms with Crippen molar-refractivity contribution >= 4 is 12.0 Å². The molecule has 2 saturated heterocycles. The van der Waals surface area contributed by atoms with E-state index in [1.807, 2.05) is 0 Å². The topological polar surface area (TPSA) is 266 Å². The first-order valence-electron chi connectivity index (χ1n) is 13.9. The van der Waals surface area contributed by atoms with Crippen molar-refractivity contribution in [1.29, 1.82) is 0 Å². The molecule has 4 rings (SSSR count). The Morgan fingerprint density at radius 1 is 0.756 bits per heavy atom. The number of hydrogen-bond donors (Lipinski definition) is 10. The van der Waals surface area contributed by atoms with E-state index in [0.29, 0.717) is 11.1 Å². The summed E-state index contributed by atoms with van der Waals surface area (Å²) in [7, 11) is 0. The first kappa shape index (κ1) is 34.3. The predicted octanol–water partition coefficient (Wildman–Crippen LogP) is -2.04. The Balaban J connectivity index is 1.45. The number of esters is 1. The highest BCUT2D eigenvalue weighted by Gasteiger charge is 2.51. The molecule has 248 valence electrons. The minimum atomic E-state index is -1.85. The van der Waals surface area contributed by atoms with Gasteiger partial charge in [-0.1, -0.05) is 12.1 Å². The molecule has 0 aliphatic carbocycles. The van der Waals surface area contributed by atoms with Crippen LogP contribution in [0.4, 0.5) is 0 Å². The average molecular weight is 641 g/mol. The molecule has 2 aliphatic rings. The highest BCUT2D eigenvalue weighted by molar-refractivity contribution is 5.87. The molecule has 0 aromatic heterocycles. The van der Waals surface area contributed by atoms with Crippen molar-refractivity contribution in [2.45, 2.75) is 67.8 Å². The molecule has 10 N–H and O–H groups in total. The van der Waals surface area contributed by atoms with Gasteiger partial charge >= 0.3 is 5.97 Å². The number of ether oxygens (including phenoxy) is 5. The minimum Gasteiger partial charge on any atom is -0.504 e. The van der Waals surface area contributed by atoms with Crippen LogP contribution in [-0.4, -0.2) is 138 Å². The van der Waals surface area contributed by atoms with Crippen molar-refractivity contribution in [2.24, 2.45) is 0 Å². The highest BCUT2D eigenvalue weighted by atomic mass is 16.7. The van der Waals surface area contributed by atoms with Crippen molar-refractivity contribution in [1.82, 2.24) is 0 Å². The van der Waals surface area contributed by atoms with Crippen LogP contribution in [0.25, 0.3) is 6.08 Å². The van der Waals surface area contributed by atoms with E-state index in [1.165, 1.54) is 42.5 Å². The number of phenolic OH excluding ortho intramolecular Hbond substituents is 4. The van der Waals surface area contributed by atoms with Crippen molar-refractivity contribution in [3.05, 3.63) is 53.6 Å². The zero-order chi connectivity index (χ0) is 32.8. The molecule has 16 nitrogen and oxygen atoms in total. The van der Waals surface area contributed by atoms with Crippen LogP contribution in [0.3, 0.4) is 0 Å². The number of aliphatic hydroxyl groups excluding tert-OH is 6. The Morgan fingerprint density at radius 2 is 1.42 bits per heavy atom. The maximum Gasteiger partial charge on any atom is 0.330 e. The van der Waals surface area contributed by atoms with Crippen molar-refractivity contribution < 1.29 is 79.5 Å². The molecule has 10 atom stereocenters. The number of aliphatic hydroxyl groups is 6. The lowest BCUT2D eigenvalue weighted by atomic mass is 9.97. The molecule has 2 aliphatic heterocycles. The Hall–Kier alpha value is -3.55. The van der Waals surface area contributed by atoms with Crippen LogP contribution in [0.5, 0.6) is 23.0 Å². The van der Waals surface area contributed by atoms with Crippen LogP contribution in [-0.2, 0) is 34.9 Å². The molecule has 2 aromatic rings. The van der Waals surface area contributed by atoms with Gasteiger partial charge in [0.1, 0.15) is 55.4 Å². The fraction of sp³-hybridized carbons (Fsp3) is 0.483. The van der Waals surface area contributed by atoms with Gasteiger partial charge < -0.3 is 74.7 Å². The molecular weight excluding hydrogens is 604 g/mol. The van der Waals surface area contributed by atoms with Crippen LogP contribution in [0.2, 0.25) is 0 Å². The fourth-order valence-electron chi connectivity index (χ4n) is 4.71. The van der Waals surface area contributed by atoms with E-state index in [1.54, 1.807) is 0 Å². The summed E-state index contributed by atoms with van der Waals surface area (Å²) in [4.78, 5) is 12.4. The molecular formula is C29H36O16. The predicted molar refractivity (Wildman–Crippen MR) is 149 cm³/mol. The van der Waals surface area contributed by atoms with Gasteiger partial charge in [-0.05, 0) is 47.9 Å². The summed E-state index contributed by atoms with van der Waals surface area (Å²) in [6, 6.07) is 7.97. The van der Waals surface area contributed by atoms with Crippen molar-refractivity contribution in [2.75, 3.05) is 19.8 Å². The number of benzene rings is 2. The molecule has 2 fully saturated rings. The molecule has 0 unspecified atom stereocenters. The number of rotatable bonds is 11. The molecule has 0 spiro atoms. The normalized spacial score (nSPS) is 32.0. The van der Waals surface area contributed by atoms with E-state index < -0.39 is 86.3 Å². The SMILES string of the molecule is O=C(/C=C/c1ccc(O)c(O)c1)OC[C@H]1O[C@@H](OCCc2ccc(O)c(O)c2)[C@H](O)[C@@H](O[C@@H]2O[C@H](CO)[C@H](O)[C@H](O)[C@@H]2O)[C@H]1O. The van der Waals surface area contributed by atoms with Crippen molar-refractivity contribution in [3.63, 3.8) is 0 Å². The molecule has 0 saturated carbocycles. The Bertz CT molecular complexity index is 1320. The van der Waals surface area contributed by atoms with E-state index in [4.69, 9.17) is 23.7 Å². The lowest BCUT2D eigenvalue weighted by Crippen LogP contribution is -2.65. The van der Waals surface area contributed by atoms with Crippen molar-refractivity contribution in [3.8, 4) is 23.0 Å². The third kappa shape index (κ3) is 8.39. The number of hydrogen-bond acceptors (Lipinski definition) is 16. The Kier molecular flexibility index (Phi) is 11.6. The second kappa shape index (κ2) is 15.2. The molecule has 16 heteroatoms. The van der Waals surface area contributed by atoms with Gasteiger partial charge in [-0.25, -0.2) is 4.79 Å². The van der Waals surface area contributed by atoms with Gasteiger partial charge in [-0.15, -0.1) is 0 Å². The molecule has 0 radical (unpaired) electrons. The van der Waals surface area contributed by atoms with Crippen LogP contribution < -0.4 is 0 Å². The lowest BCUT2D eigenvalue weighted by molar-refractivity contribution is -0.360. The summed E-state index contributed by atoms with van der Waals surface area (Å²) < 4.78 is 27.5. The molecule has 0 bridgehead atoms. The first-order chi connectivity index (χ1) is 21.4. The molecule has 2 heterocycles. The summed E-state index contributed by atoms with van der Waals surface area (Å²) >= 11 is 0. The summed E-state index contributed by atoms with van der Waals surface area (Å²) in [5.41, 5.74) is 0.923. The molecule has 2 aromatic carbocycles. The summed E-state index contributed by atoms with van der Waals surface area (Å²) in [5, 5.41) is 100. The number of carbonyl (C=O) groups is 1. The van der Waals surface area contributed by atoms with Gasteiger partial charge in [0, 0.05) is 6.08 Å². The quantitative estimate of drug-likeness (QED) is 0.0720. The van der Waals surface area contributed by atoms with Crippen LogP contribution in [0.15, 0.2) is 42.5 Å². The maximum atomic E-state index is 12.4. The Morgan fingerprint density at radius 3 is 2.09 bits per heavy atom. The lowest BCUT2D eigenvalue weighted by Gasteiger charge is -2.46. The molecule has 45 heavy (non-hydrogen) atoms. The summed E-state index contributed by atoms with van der Waals surface area (Å²) in [6.45, 7) is -1.44. The van der Waals surface area contributed by atoms with Crippen LogP contribution in [0, 0.1) is 0 Å².